The molecule has 0 heterocycles. The summed E-state index contributed by atoms with van der Waals surface area (Å²) in [6.07, 6.45) is -0.798. The molecule has 1 aromatic carbocycles. The van der Waals surface area contributed by atoms with E-state index in [1.54, 1.807) is 0 Å². The number of aliphatic carboxylic acids is 1. The number of carbonyl (C=O) groups excluding carboxylic acids is 1. The van der Waals surface area contributed by atoms with Gasteiger partial charge in [0.15, 0.2) is 0 Å². The SMILES string of the molecule is CC(OCc1ccccc1)C(=O)NC(CO)C(=O)O. The molecule has 0 saturated heterocycles. The lowest BCUT2D eigenvalue weighted by Gasteiger charge is -2.16. The number of carboxylic acids is 1. The van der Waals surface area contributed by atoms with Crippen LogP contribution in [0.25, 0.3) is 0 Å². The third kappa shape index (κ3) is 5.07. The molecule has 0 saturated carbocycles. The average Bonchev–Trinajstić information content (AvgIpc) is 2.42. The van der Waals surface area contributed by atoms with Gasteiger partial charge in [-0.1, -0.05) is 30.3 Å². The summed E-state index contributed by atoms with van der Waals surface area (Å²) in [7, 11) is 0. The Bertz CT molecular complexity index is 420. The quantitative estimate of drug-likeness (QED) is 0.653. The van der Waals surface area contributed by atoms with Crippen molar-refractivity contribution in [1.82, 2.24) is 5.32 Å². The number of hydrogen-bond donors (Lipinski definition) is 3. The largest absolute Gasteiger partial charge is 0.480 e. The highest BCUT2D eigenvalue weighted by Gasteiger charge is 2.22. The van der Waals surface area contributed by atoms with E-state index in [0.717, 1.165) is 5.56 Å². The predicted octanol–water partition coefficient (Wildman–Crippen LogP) is 0.153. The molecule has 19 heavy (non-hydrogen) atoms. The first-order chi connectivity index (χ1) is 9.04. The molecule has 0 aliphatic rings. The minimum Gasteiger partial charge on any atom is -0.480 e. The Kier molecular flexibility index (Phi) is 5.98. The molecule has 0 radical (unpaired) electrons. The van der Waals surface area contributed by atoms with Gasteiger partial charge in [0.05, 0.1) is 13.2 Å². The maximum atomic E-state index is 11.6. The number of ether oxygens (including phenoxy) is 1. The van der Waals surface area contributed by atoms with Crippen LogP contribution < -0.4 is 5.32 Å². The fourth-order valence-corrected chi connectivity index (χ4v) is 1.35. The topological polar surface area (TPSA) is 95.9 Å². The van der Waals surface area contributed by atoms with Gasteiger partial charge in [0.2, 0.25) is 5.91 Å². The molecule has 0 spiro atoms. The molecule has 6 nitrogen and oxygen atoms in total. The minimum absolute atomic E-state index is 0.256. The molecule has 104 valence electrons. The average molecular weight is 267 g/mol. The van der Waals surface area contributed by atoms with Gasteiger partial charge in [0.25, 0.3) is 0 Å². The Labute approximate surface area is 111 Å². The van der Waals surface area contributed by atoms with Crippen molar-refractivity contribution in [2.24, 2.45) is 0 Å². The molecule has 0 aliphatic heterocycles. The molecule has 0 aliphatic carbocycles. The van der Waals surface area contributed by atoms with Gasteiger partial charge in [-0.25, -0.2) is 4.79 Å². The summed E-state index contributed by atoms with van der Waals surface area (Å²) in [4.78, 5) is 22.3. The van der Waals surface area contributed by atoms with Crippen LogP contribution in [0.4, 0.5) is 0 Å². The van der Waals surface area contributed by atoms with Crippen molar-refractivity contribution in [3.8, 4) is 0 Å². The van der Waals surface area contributed by atoms with Crippen LogP contribution in [0.15, 0.2) is 30.3 Å². The highest BCUT2D eigenvalue weighted by molar-refractivity contribution is 5.86. The molecule has 0 fully saturated rings. The van der Waals surface area contributed by atoms with Crippen LogP contribution >= 0.6 is 0 Å². The Morgan fingerprint density at radius 2 is 1.95 bits per heavy atom. The van der Waals surface area contributed by atoms with Crippen LogP contribution in [0.2, 0.25) is 0 Å². The Morgan fingerprint density at radius 1 is 1.32 bits per heavy atom. The second-order valence-corrected chi connectivity index (χ2v) is 4.02. The number of aliphatic hydroxyl groups excluding tert-OH is 1. The smallest absolute Gasteiger partial charge is 0.328 e. The van der Waals surface area contributed by atoms with E-state index in [2.05, 4.69) is 5.32 Å². The highest BCUT2D eigenvalue weighted by atomic mass is 16.5. The number of amides is 1. The van der Waals surface area contributed by atoms with Crippen LogP contribution in [-0.2, 0) is 20.9 Å². The van der Waals surface area contributed by atoms with E-state index in [9.17, 15) is 9.59 Å². The summed E-state index contributed by atoms with van der Waals surface area (Å²) in [5, 5.41) is 19.7. The number of carbonyl (C=O) groups is 2. The number of benzene rings is 1. The van der Waals surface area contributed by atoms with Crippen molar-refractivity contribution in [3.05, 3.63) is 35.9 Å². The number of nitrogens with one attached hydrogen (secondary N) is 1. The van der Waals surface area contributed by atoms with Gasteiger partial charge in [-0.3, -0.25) is 4.79 Å². The maximum Gasteiger partial charge on any atom is 0.328 e. The van der Waals surface area contributed by atoms with Gasteiger partial charge >= 0.3 is 5.97 Å². The van der Waals surface area contributed by atoms with Crippen molar-refractivity contribution in [3.63, 3.8) is 0 Å². The van der Waals surface area contributed by atoms with Crippen molar-refractivity contribution in [2.75, 3.05) is 6.61 Å². The molecule has 0 bridgehead atoms. The normalized spacial score (nSPS) is 13.6. The van der Waals surface area contributed by atoms with E-state index >= 15 is 0 Å². The lowest BCUT2D eigenvalue weighted by molar-refractivity contribution is -0.145. The van der Waals surface area contributed by atoms with Gasteiger partial charge < -0.3 is 20.3 Å². The monoisotopic (exact) mass is 267 g/mol. The van der Waals surface area contributed by atoms with E-state index in [1.165, 1.54) is 6.92 Å². The zero-order valence-corrected chi connectivity index (χ0v) is 10.6. The van der Waals surface area contributed by atoms with Crippen LogP contribution in [-0.4, -0.2) is 40.8 Å². The second kappa shape index (κ2) is 7.50. The molecule has 3 N–H and O–H groups in total. The number of hydrogen-bond acceptors (Lipinski definition) is 4. The minimum atomic E-state index is -1.31. The van der Waals surface area contributed by atoms with Gasteiger partial charge in [-0.05, 0) is 12.5 Å². The number of aliphatic hydroxyl groups is 1. The maximum absolute atomic E-state index is 11.6. The van der Waals surface area contributed by atoms with Gasteiger partial charge in [-0.15, -0.1) is 0 Å². The summed E-state index contributed by atoms with van der Waals surface area (Å²) in [6, 6.07) is 8.00. The standard InChI is InChI=1S/C13H17NO5/c1-9(12(16)14-11(7-15)13(17)18)19-8-10-5-3-2-4-6-10/h2-6,9,11,15H,7-8H2,1H3,(H,14,16)(H,17,18). The van der Waals surface area contributed by atoms with Crippen LogP contribution in [0.5, 0.6) is 0 Å². The fraction of sp³-hybridized carbons (Fsp3) is 0.385. The molecule has 1 rings (SSSR count). The first-order valence-electron chi connectivity index (χ1n) is 5.84. The van der Waals surface area contributed by atoms with Crippen molar-refractivity contribution >= 4 is 11.9 Å². The van der Waals surface area contributed by atoms with Crippen molar-refractivity contribution < 1.29 is 24.5 Å². The van der Waals surface area contributed by atoms with E-state index < -0.39 is 30.6 Å². The lowest BCUT2D eigenvalue weighted by atomic mass is 10.2. The second-order valence-electron chi connectivity index (χ2n) is 4.02. The third-order valence-corrected chi connectivity index (χ3v) is 2.51. The lowest BCUT2D eigenvalue weighted by Crippen LogP contribution is -2.47. The van der Waals surface area contributed by atoms with Crippen molar-refractivity contribution in [1.29, 1.82) is 0 Å². The first-order valence-corrected chi connectivity index (χ1v) is 5.84. The zero-order chi connectivity index (χ0) is 14.3. The molecule has 6 heteroatoms. The fourth-order valence-electron chi connectivity index (χ4n) is 1.35. The molecule has 1 amide bonds. The van der Waals surface area contributed by atoms with E-state index in [-0.39, 0.29) is 6.61 Å². The van der Waals surface area contributed by atoms with E-state index in [0.29, 0.717) is 0 Å². The number of rotatable bonds is 7. The van der Waals surface area contributed by atoms with Crippen LogP contribution in [0.3, 0.4) is 0 Å². The van der Waals surface area contributed by atoms with Crippen LogP contribution in [0.1, 0.15) is 12.5 Å². The summed E-state index contributed by atoms with van der Waals surface area (Å²) >= 11 is 0. The van der Waals surface area contributed by atoms with Gasteiger partial charge in [-0.2, -0.15) is 0 Å². The predicted molar refractivity (Wildman–Crippen MR) is 67.3 cm³/mol. The molecule has 0 aromatic heterocycles. The number of carboxylic acid groups (broad SMARTS) is 1. The van der Waals surface area contributed by atoms with Crippen molar-refractivity contribution in [2.45, 2.75) is 25.7 Å². The molecule has 2 unspecified atom stereocenters. The van der Waals surface area contributed by atoms with E-state index in [4.69, 9.17) is 14.9 Å². The van der Waals surface area contributed by atoms with Crippen LogP contribution in [0, 0.1) is 0 Å². The summed E-state index contributed by atoms with van der Waals surface area (Å²) in [5.41, 5.74) is 0.916. The van der Waals surface area contributed by atoms with Gasteiger partial charge in [0.1, 0.15) is 12.1 Å². The summed E-state index contributed by atoms with van der Waals surface area (Å²) in [5.74, 6) is -1.86. The molecule has 2 atom stereocenters. The molecular formula is C13H17NO5. The van der Waals surface area contributed by atoms with E-state index in [1.807, 2.05) is 30.3 Å². The Hall–Kier alpha value is -1.92. The molecular weight excluding hydrogens is 250 g/mol. The zero-order valence-electron chi connectivity index (χ0n) is 10.6. The molecule has 1 aromatic rings. The third-order valence-electron chi connectivity index (χ3n) is 2.51. The summed E-state index contributed by atoms with van der Waals surface area (Å²) in [6.45, 7) is 1.12. The highest BCUT2D eigenvalue weighted by Crippen LogP contribution is 2.03. The van der Waals surface area contributed by atoms with Gasteiger partial charge in [0, 0.05) is 0 Å². The first kappa shape index (κ1) is 15.1. The Balaban J connectivity index is 2.42. The summed E-state index contributed by atoms with van der Waals surface area (Å²) < 4.78 is 5.33. The Morgan fingerprint density at radius 3 is 2.47 bits per heavy atom.